The van der Waals surface area contributed by atoms with Crippen LogP contribution in [0, 0.1) is 0 Å². The molecule has 0 atom stereocenters. The van der Waals surface area contributed by atoms with Crippen molar-refractivity contribution in [2.24, 2.45) is 0 Å². The average molecular weight is 266 g/mol. The number of amides is 2. The molecule has 0 aliphatic rings. The van der Waals surface area contributed by atoms with Crippen LogP contribution in [-0.2, 0) is 0 Å². The fourth-order valence-corrected chi connectivity index (χ4v) is 1.40. The lowest BCUT2D eigenvalue weighted by Crippen LogP contribution is -2.48. The number of anilines is 1. The molecular formula is C14H22N2O3. The van der Waals surface area contributed by atoms with E-state index < -0.39 is 5.54 Å². The molecule has 0 unspecified atom stereocenters. The maximum Gasteiger partial charge on any atom is 0.319 e. The Bertz CT molecular complexity index is 413. The number of ether oxygens (including phenoxy) is 1. The van der Waals surface area contributed by atoms with Crippen molar-refractivity contribution in [1.29, 1.82) is 0 Å². The van der Waals surface area contributed by atoms with Crippen molar-refractivity contribution in [1.82, 2.24) is 5.32 Å². The van der Waals surface area contributed by atoms with Gasteiger partial charge in [0, 0.05) is 5.69 Å². The van der Waals surface area contributed by atoms with Crippen LogP contribution in [0.4, 0.5) is 10.5 Å². The van der Waals surface area contributed by atoms with E-state index >= 15 is 0 Å². The van der Waals surface area contributed by atoms with Gasteiger partial charge >= 0.3 is 6.03 Å². The fraction of sp³-hybridized carbons (Fsp3) is 0.500. The smallest absolute Gasteiger partial charge is 0.319 e. The standard InChI is InChI=1S/C14H22N2O3/c1-10(2)19-12-7-5-11(6-8-12)15-13(18)16-14(3,4)9-17/h5-8,10,17H,9H2,1-4H3,(H2,15,16,18). The number of aliphatic hydroxyl groups excluding tert-OH is 1. The number of hydrogen-bond acceptors (Lipinski definition) is 3. The molecule has 0 aliphatic carbocycles. The monoisotopic (exact) mass is 266 g/mol. The maximum absolute atomic E-state index is 11.7. The molecule has 1 aromatic carbocycles. The van der Waals surface area contributed by atoms with Crippen molar-refractivity contribution in [3.63, 3.8) is 0 Å². The molecule has 19 heavy (non-hydrogen) atoms. The van der Waals surface area contributed by atoms with E-state index in [2.05, 4.69) is 10.6 Å². The van der Waals surface area contributed by atoms with Gasteiger partial charge in [0.05, 0.1) is 18.2 Å². The molecule has 106 valence electrons. The first-order valence-corrected chi connectivity index (χ1v) is 6.29. The molecule has 2 amide bonds. The zero-order valence-corrected chi connectivity index (χ0v) is 11.9. The van der Waals surface area contributed by atoms with Crippen LogP contribution >= 0.6 is 0 Å². The highest BCUT2D eigenvalue weighted by Crippen LogP contribution is 2.17. The molecule has 5 nitrogen and oxygen atoms in total. The van der Waals surface area contributed by atoms with Crippen molar-refractivity contribution < 1.29 is 14.6 Å². The van der Waals surface area contributed by atoms with Gasteiger partial charge in [-0.2, -0.15) is 0 Å². The number of carbonyl (C=O) groups is 1. The largest absolute Gasteiger partial charge is 0.491 e. The van der Waals surface area contributed by atoms with Crippen LogP contribution in [0.25, 0.3) is 0 Å². The van der Waals surface area contributed by atoms with E-state index in [1.807, 2.05) is 13.8 Å². The van der Waals surface area contributed by atoms with Gasteiger partial charge in [0.15, 0.2) is 0 Å². The third-order valence-corrected chi connectivity index (χ3v) is 2.33. The minimum atomic E-state index is -0.648. The van der Waals surface area contributed by atoms with Crippen molar-refractivity contribution >= 4 is 11.7 Å². The Kier molecular flexibility index (Phi) is 5.18. The molecule has 1 aromatic rings. The van der Waals surface area contributed by atoms with Gasteiger partial charge in [0.2, 0.25) is 0 Å². The van der Waals surface area contributed by atoms with Crippen LogP contribution in [0.5, 0.6) is 5.75 Å². The predicted octanol–water partition coefficient (Wildman–Crippen LogP) is 2.37. The molecule has 0 aliphatic heterocycles. The summed E-state index contributed by atoms with van der Waals surface area (Å²) in [6.07, 6.45) is 0.118. The zero-order valence-electron chi connectivity index (χ0n) is 11.9. The first-order valence-electron chi connectivity index (χ1n) is 6.29. The van der Waals surface area contributed by atoms with Crippen molar-refractivity contribution in [3.05, 3.63) is 24.3 Å². The summed E-state index contributed by atoms with van der Waals surface area (Å²) < 4.78 is 5.51. The Balaban J connectivity index is 2.56. The van der Waals surface area contributed by atoms with Crippen molar-refractivity contribution in [2.45, 2.75) is 39.3 Å². The second-order valence-corrected chi connectivity index (χ2v) is 5.31. The molecule has 0 spiro atoms. The Morgan fingerprint density at radius 1 is 1.32 bits per heavy atom. The van der Waals surface area contributed by atoms with E-state index in [4.69, 9.17) is 9.84 Å². The molecule has 1 rings (SSSR count). The second-order valence-electron chi connectivity index (χ2n) is 5.31. The van der Waals surface area contributed by atoms with Crippen LogP contribution in [-0.4, -0.2) is 29.4 Å². The van der Waals surface area contributed by atoms with Gasteiger partial charge in [-0.3, -0.25) is 0 Å². The quantitative estimate of drug-likeness (QED) is 0.766. The van der Waals surface area contributed by atoms with Crippen LogP contribution in [0.3, 0.4) is 0 Å². The first-order chi connectivity index (χ1) is 8.82. The van der Waals surface area contributed by atoms with Gasteiger partial charge in [0.25, 0.3) is 0 Å². The predicted molar refractivity (Wildman–Crippen MR) is 75.5 cm³/mol. The Labute approximate surface area is 114 Å². The van der Waals surface area contributed by atoms with Crippen LogP contribution in [0.15, 0.2) is 24.3 Å². The van der Waals surface area contributed by atoms with E-state index in [1.54, 1.807) is 38.1 Å². The van der Waals surface area contributed by atoms with Gasteiger partial charge in [-0.05, 0) is 52.0 Å². The summed E-state index contributed by atoms with van der Waals surface area (Å²) in [5.74, 6) is 0.761. The SMILES string of the molecule is CC(C)Oc1ccc(NC(=O)NC(C)(C)CO)cc1. The molecule has 0 heterocycles. The third kappa shape index (κ3) is 5.61. The maximum atomic E-state index is 11.7. The van der Waals surface area contributed by atoms with Gasteiger partial charge in [-0.25, -0.2) is 4.79 Å². The lowest BCUT2D eigenvalue weighted by atomic mass is 10.1. The molecule has 0 bridgehead atoms. The summed E-state index contributed by atoms with van der Waals surface area (Å²) in [7, 11) is 0. The first kappa shape index (κ1) is 15.3. The summed E-state index contributed by atoms with van der Waals surface area (Å²) in [6, 6.07) is 6.78. The third-order valence-electron chi connectivity index (χ3n) is 2.33. The van der Waals surface area contributed by atoms with Gasteiger partial charge in [-0.15, -0.1) is 0 Å². The Morgan fingerprint density at radius 2 is 1.89 bits per heavy atom. The molecule has 0 radical (unpaired) electrons. The number of benzene rings is 1. The molecule has 0 aromatic heterocycles. The zero-order chi connectivity index (χ0) is 14.5. The minimum Gasteiger partial charge on any atom is -0.491 e. The number of carbonyl (C=O) groups excluding carboxylic acids is 1. The van der Waals surface area contributed by atoms with Gasteiger partial charge < -0.3 is 20.5 Å². The van der Waals surface area contributed by atoms with Gasteiger partial charge in [0.1, 0.15) is 5.75 Å². The molecule has 0 fully saturated rings. The highest BCUT2D eigenvalue weighted by Gasteiger charge is 2.18. The molecule has 0 saturated carbocycles. The minimum absolute atomic E-state index is 0.118. The molecule has 3 N–H and O–H groups in total. The summed E-state index contributed by atoms with van der Waals surface area (Å²) in [6.45, 7) is 7.27. The van der Waals surface area contributed by atoms with Crippen LogP contribution in [0.2, 0.25) is 0 Å². The van der Waals surface area contributed by atoms with Crippen molar-refractivity contribution in [2.75, 3.05) is 11.9 Å². The second kappa shape index (κ2) is 6.43. The molecule has 5 heteroatoms. The molecular weight excluding hydrogens is 244 g/mol. The molecule has 0 saturated heterocycles. The number of nitrogens with one attached hydrogen (secondary N) is 2. The highest BCUT2D eigenvalue weighted by molar-refractivity contribution is 5.89. The summed E-state index contributed by atoms with van der Waals surface area (Å²) in [5.41, 5.74) is 0.0208. The summed E-state index contributed by atoms with van der Waals surface area (Å²) in [4.78, 5) is 11.7. The number of rotatable bonds is 5. The Morgan fingerprint density at radius 3 is 2.37 bits per heavy atom. The normalized spacial score (nSPS) is 11.3. The summed E-state index contributed by atoms with van der Waals surface area (Å²) >= 11 is 0. The lowest BCUT2D eigenvalue weighted by molar-refractivity contribution is 0.187. The topological polar surface area (TPSA) is 70.6 Å². The number of urea groups is 1. The highest BCUT2D eigenvalue weighted by atomic mass is 16.5. The lowest BCUT2D eigenvalue weighted by Gasteiger charge is -2.23. The number of aliphatic hydroxyl groups is 1. The van der Waals surface area contributed by atoms with Crippen LogP contribution < -0.4 is 15.4 Å². The van der Waals surface area contributed by atoms with Crippen molar-refractivity contribution in [3.8, 4) is 5.75 Å². The van der Waals surface area contributed by atoms with E-state index in [0.717, 1.165) is 5.75 Å². The Hall–Kier alpha value is -1.75. The number of hydrogen-bond donors (Lipinski definition) is 3. The van der Waals surface area contributed by atoms with E-state index in [1.165, 1.54) is 0 Å². The van der Waals surface area contributed by atoms with E-state index in [9.17, 15) is 4.79 Å². The summed E-state index contributed by atoms with van der Waals surface area (Å²) in [5, 5.41) is 14.4. The average Bonchev–Trinajstić information content (AvgIpc) is 2.30. The van der Waals surface area contributed by atoms with Gasteiger partial charge in [-0.1, -0.05) is 0 Å². The fourth-order valence-electron chi connectivity index (χ4n) is 1.40. The van der Waals surface area contributed by atoms with E-state index in [0.29, 0.717) is 5.69 Å². The van der Waals surface area contributed by atoms with Crippen LogP contribution in [0.1, 0.15) is 27.7 Å². The van der Waals surface area contributed by atoms with E-state index in [-0.39, 0.29) is 18.7 Å².